The highest BCUT2D eigenvalue weighted by atomic mass is 32.1. The van der Waals surface area contributed by atoms with E-state index < -0.39 is 11.7 Å². The summed E-state index contributed by atoms with van der Waals surface area (Å²) in [6, 6.07) is 9.40. The molecule has 0 bridgehead atoms. The third kappa shape index (κ3) is 4.02. The number of carbonyl (C=O) groups excluding carboxylic acids is 1. The molecule has 3 aromatic rings. The number of nitrogens with one attached hydrogen (secondary N) is 2. The lowest BCUT2D eigenvalue weighted by Crippen LogP contribution is -2.14. The maximum absolute atomic E-state index is 13.8. The zero-order chi connectivity index (χ0) is 19.4. The van der Waals surface area contributed by atoms with Crippen molar-refractivity contribution in [2.24, 2.45) is 0 Å². The lowest BCUT2D eigenvalue weighted by atomic mass is 10.2. The number of hydrogen-bond acceptors (Lipinski definition) is 7. The highest BCUT2D eigenvalue weighted by Crippen LogP contribution is 2.29. The number of carbonyl (C=O) groups is 1. The highest BCUT2D eigenvalue weighted by molar-refractivity contribution is 7.10. The van der Waals surface area contributed by atoms with Crippen molar-refractivity contribution in [3.63, 3.8) is 0 Å². The molecule has 0 aliphatic heterocycles. The van der Waals surface area contributed by atoms with Crippen LogP contribution in [0.5, 0.6) is 5.75 Å². The fourth-order valence-corrected chi connectivity index (χ4v) is 3.11. The van der Waals surface area contributed by atoms with Crippen LogP contribution < -0.4 is 15.4 Å². The van der Waals surface area contributed by atoms with Crippen molar-refractivity contribution < 1.29 is 13.9 Å². The molecule has 3 rings (SSSR count). The van der Waals surface area contributed by atoms with Gasteiger partial charge in [-0.15, -0.1) is 0 Å². The third-order valence-corrected chi connectivity index (χ3v) is 4.49. The summed E-state index contributed by atoms with van der Waals surface area (Å²) in [4.78, 5) is 16.8. The Balaban J connectivity index is 1.81. The number of nitriles is 1. The van der Waals surface area contributed by atoms with Crippen molar-refractivity contribution in [3.8, 4) is 11.8 Å². The second-order valence-electron chi connectivity index (χ2n) is 5.44. The number of benzene rings is 1. The minimum absolute atomic E-state index is 0.0932. The first-order valence-corrected chi connectivity index (χ1v) is 8.53. The summed E-state index contributed by atoms with van der Waals surface area (Å²) >= 11 is 1.11. The number of halogens is 1. The molecule has 0 saturated heterocycles. The number of aryl methyl sites for hydroxylation is 1. The van der Waals surface area contributed by atoms with Gasteiger partial charge in [-0.3, -0.25) is 4.79 Å². The smallest absolute Gasteiger partial charge is 0.260 e. The maximum atomic E-state index is 13.8. The minimum atomic E-state index is -0.574. The van der Waals surface area contributed by atoms with Crippen LogP contribution in [-0.4, -0.2) is 22.4 Å². The molecule has 2 N–H and O–H groups in total. The van der Waals surface area contributed by atoms with E-state index in [2.05, 4.69) is 20.0 Å². The van der Waals surface area contributed by atoms with Crippen LogP contribution in [0.15, 0.2) is 36.5 Å². The van der Waals surface area contributed by atoms with Crippen LogP contribution >= 0.6 is 11.5 Å². The average molecular weight is 383 g/mol. The van der Waals surface area contributed by atoms with Gasteiger partial charge in [0.25, 0.3) is 5.91 Å². The van der Waals surface area contributed by atoms with Gasteiger partial charge < -0.3 is 15.4 Å². The number of nitrogens with zero attached hydrogens (tertiary/aromatic N) is 3. The number of aromatic nitrogens is 2. The fraction of sp³-hybridized carbons (Fsp3) is 0.111. The summed E-state index contributed by atoms with van der Waals surface area (Å²) in [5, 5.41) is 15.0. The fourth-order valence-electron chi connectivity index (χ4n) is 2.31. The minimum Gasteiger partial charge on any atom is -0.494 e. The number of methoxy groups -OCH3 is 1. The summed E-state index contributed by atoms with van der Waals surface area (Å²) in [5.41, 5.74) is 1.59. The van der Waals surface area contributed by atoms with Gasteiger partial charge in [0.15, 0.2) is 11.6 Å². The van der Waals surface area contributed by atoms with Gasteiger partial charge in [0.1, 0.15) is 16.9 Å². The van der Waals surface area contributed by atoms with Crippen molar-refractivity contribution in [1.82, 2.24) is 9.36 Å². The maximum Gasteiger partial charge on any atom is 0.260 e. The zero-order valence-electron chi connectivity index (χ0n) is 14.4. The third-order valence-electron chi connectivity index (χ3n) is 3.63. The molecule has 0 aliphatic carbocycles. The van der Waals surface area contributed by atoms with Gasteiger partial charge in [-0.2, -0.15) is 9.64 Å². The molecular formula is C18H14FN5O2S. The molecule has 2 heterocycles. The standard InChI is InChI=1S/C18H14FN5O2S/c1-10-16(17(25)22-12-4-5-14(26-2)13(19)7-12)18(27-24-10)23-15-6-3-11(8-20)9-21-15/h3-7,9H,1-2H3,(H,21,23)(H,22,25). The number of anilines is 3. The van der Waals surface area contributed by atoms with E-state index in [4.69, 9.17) is 10.00 Å². The monoisotopic (exact) mass is 383 g/mol. The highest BCUT2D eigenvalue weighted by Gasteiger charge is 2.19. The molecule has 1 amide bonds. The topological polar surface area (TPSA) is 99.9 Å². The Kier molecular flexibility index (Phi) is 5.28. The van der Waals surface area contributed by atoms with Gasteiger partial charge in [0.05, 0.1) is 23.9 Å². The number of pyridine rings is 1. The van der Waals surface area contributed by atoms with E-state index in [-0.39, 0.29) is 5.75 Å². The lowest BCUT2D eigenvalue weighted by Gasteiger charge is -2.09. The van der Waals surface area contributed by atoms with E-state index >= 15 is 0 Å². The summed E-state index contributed by atoms with van der Waals surface area (Å²) in [5.74, 6) is -0.435. The molecule has 27 heavy (non-hydrogen) atoms. The predicted octanol–water partition coefficient (Wildman–Crippen LogP) is 3.86. The summed E-state index contributed by atoms with van der Waals surface area (Å²) in [6.45, 7) is 1.71. The van der Waals surface area contributed by atoms with E-state index in [0.717, 1.165) is 11.5 Å². The van der Waals surface area contributed by atoms with E-state index in [9.17, 15) is 9.18 Å². The van der Waals surface area contributed by atoms with Crippen LogP contribution in [0.1, 0.15) is 21.6 Å². The Morgan fingerprint density at radius 1 is 1.33 bits per heavy atom. The molecule has 1 aromatic carbocycles. The van der Waals surface area contributed by atoms with Crippen LogP contribution in [0, 0.1) is 24.1 Å². The molecular weight excluding hydrogens is 369 g/mol. The molecule has 7 nitrogen and oxygen atoms in total. The number of hydrogen-bond donors (Lipinski definition) is 2. The van der Waals surface area contributed by atoms with Gasteiger partial charge in [0.2, 0.25) is 0 Å². The second kappa shape index (κ2) is 7.80. The molecule has 2 aromatic heterocycles. The van der Waals surface area contributed by atoms with Crippen molar-refractivity contribution in [2.75, 3.05) is 17.7 Å². The molecule has 0 saturated carbocycles. The molecule has 0 spiro atoms. The van der Waals surface area contributed by atoms with Crippen LogP contribution in [0.25, 0.3) is 0 Å². The van der Waals surface area contributed by atoms with Crippen molar-refractivity contribution in [2.45, 2.75) is 6.92 Å². The number of rotatable bonds is 5. The largest absolute Gasteiger partial charge is 0.494 e. The van der Waals surface area contributed by atoms with Crippen LogP contribution in [-0.2, 0) is 0 Å². The van der Waals surface area contributed by atoms with Crippen LogP contribution in [0.4, 0.5) is 20.9 Å². The van der Waals surface area contributed by atoms with E-state index in [1.54, 1.807) is 25.1 Å². The van der Waals surface area contributed by atoms with Gasteiger partial charge in [-0.25, -0.2) is 9.37 Å². The van der Waals surface area contributed by atoms with Crippen LogP contribution in [0.2, 0.25) is 0 Å². The molecule has 0 radical (unpaired) electrons. The van der Waals surface area contributed by atoms with Gasteiger partial charge >= 0.3 is 0 Å². The van der Waals surface area contributed by atoms with Gasteiger partial charge in [-0.1, -0.05) is 0 Å². The average Bonchev–Trinajstić information content (AvgIpc) is 3.03. The van der Waals surface area contributed by atoms with Crippen molar-refractivity contribution in [3.05, 3.63) is 59.2 Å². The molecule has 136 valence electrons. The van der Waals surface area contributed by atoms with E-state index in [1.165, 1.54) is 25.4 Å². The van der Waals surface area contributed by atoms with E-state index in [1.807, 2.05) is 6.07 Å². The Hall–Kier alpha value is -3.51. The Bertz CT molecular complexity index is 1030. The Labute approximate surface area is 158 Å². The molecule has 0 atom stereocenters. The summed E-state index contributed by atoms with van der Waals surface area (Å²) in [7, 11) is 1.37. The summed E-state index contributed by atoms with van der Waals surface area (Å²) < 4.78 is 22.9. The molecule has 0 aliphatic rings. The first-order valence-electron chi connectivity index (χ1n) is 7.76. The number of ether oxygens (including phenoxy) is 1. The quantitative estimate of drug-likeness (QED) is 0.694. The van der Waals surface area contributed by atoms with Crippen LogP contribution in [0.3, 0.4) is 0 Å². The predicted molar refractivity (Wildman–Crippen MR) is 100.0 cm³/mol. The molecule has 9 heteroatoms. The SMILES string of the molecule is COc1ccc(NC(=O)c2c(C)nsc2Nc2ccc(C#N)cn2)cc1F. The molecule has 0 unspecified atom stereocenters. The zero-order valence-corrected chi connectivity index (χ0v) is 15.2. The van der Waals surface area contributed by atoms with Crippen molar-refractivity contribution in [1.29, 1.82) is 5.26 Å². The lowest BCUT2D eigenvalue weighted by molar-refractivity contribution is 0.102. The second-order valence-corrected chi connectivity index (χ2v) is 6.22. The first kappa shape index (κ1) is 18.3. The van der Waals surface area contributed by atoms with Crippen molar-refractivity contribution >= 4 is 33.9 Å². The van der Waals surface area contributed by atoms with Gasteiger partial charge in [-0.05, 0) is 42.7 Å². The van der Waals surface area contributed by atoms with Gasteiger partial charge in [0, 0.05) is 18.0 Å². The normalized spacial score (nSPS) is 10.1. The number of amides is 1. The first-order chi connectivity index (χ1) is 13.0. The van der Waals surface area contributed by atoms with E-state index in [0.29, 0.717) is 33.3 Å². The molecule has 0 fully saturated rings. The Morgan fingerprint density at radius 3 is 2.78 bits per heavy atom. The Morgan fingerprint density at radius 2 is 2.15 bits per heavy atom. The summed E-state index contributed by atoms with van der Waals surface area (Å²) in [6.07, 6.45) is 1.43.